The molecule has 28 heavy (non-hydrogen) atoms. The summed E-state index contributed by atoms with van der Waals surface area (Å²) in [5, 5.41) is 16.6. The number of phenolic OH excluding ortho intramolecular Hbond substituents is 1. The van der Waals surface area contributed by atoms with Crippen molar-refractivity contribution in [2.24, 2.45) is 5.10 Å². The maximum atomic E-state index is 12.1. The van der Waals surface area contributed by atoms with Gasteiger partial charge in [0.2, 0.25) is 5.91 Å². The minimum absolute atomic E-state index is 0.0408. The molecule has 1 aromatic heterocycles. The summed E-state index contributed by atoms with van der Waals surface area (Å²) in [5.41, 5.74) is 4.82. The number of phenols is 1. The summed E-state index contributed by atoms with van der Waals surface area (Å²) < 4.78 is 5.45. The molecule has 144 valence electrons. The maximum absolute atomic E-state index is 12.1. The van der Waals surface area contributed by atoms with Gasteiger partial charge in [-0.15, -0.1) is 11.3 Å². The molecule has 2 aromatic carbocycles. The first-order valence-electron chi connectivity index (χ1n) is 8.93. The number of hydrogen-bond donors (Lipinski definition) is 2. The molecule has 2 N–H and O–H groups in total. The van der Waals surface area contributed by atoms with Crippen molar-refractivity contribution in [1.82, 2.24) is 10.4 Å². The molecule has 0 aliphatic rings. The smallest absolute Gasteiger partial charge is 0.246 e. The van der Waals surface area contributed by atoms with Crippen molar-refractivity contribution in [3.63, 3.8) is 0 Å². The van der Waals surface area contributed by atoms with Gasteiger partial charge in [0.05, 0.1) is 24.9 Å². The summed E-state index contributed by atoms with van der Waals surface area (Å²) in [6.07, 6.45) is 2.43. The van der Waals surface area contributed by atoms with Crippen molar-refractivity contribution in [3.8, 4) is 22.8 Å². The lowest BCUT2D eigenvalue weighted by Crippen LogP contribution is -2.19. The zero-order chi connectivity index (χ0) is 19.8. The molecule has 7 heteroatoms. The van der Waals surface area contributed by atoms with Crippen LogP contribution >= 0.6 is 11.3 Å². The van der Waals surface area contributed by atoms with Crippen LogP contribution in [0, 0.1) is 0 Å². The highest BCUT2D eigenvalue weighted by molar-refractivity contribution is 7.10. The zero-order valence-electron chi connectivity index (χ0n) is 15.5. The van der Waals surface area contributed by atoms with Crippen molar-refractivity contribution in [2.75, 3.05) is 6.61 Å². The van der Waals surface area contributed by atoms with Gasteiger partial charge in [-0.1, -0.05) is 37.3 Å². The Labute approximate surface area is 167 Å². The number of benzene rings is 2. The standard InChI is InChI=1S/C21H21N3O3S/c1-2-10-27-17-9-8-16(19(25)11-17)13-22-24-20(26)12-21-23-18(14-28-21)15-6-4-3-5-7-15/h3-9,11,13-14,25H,2,10,12H2,1H3,(H,24,26)/b22-13+. The summed E-state index contributed by atoms with van der Waals surface area (Å²) in [5.74, 6) is 0.366. The number of nitrogens with zero attached hydrogens (tertiary/aromatic N) is 2. The number of aromatic hydroxyl groups is 1. The number of ether oxygens (including phenoxy) is 1. The average molecular weight is 395 g/mol. The molecule has 6 nitrogen and oxygen atoms in total. The number of amides is 1. The molecule has 0 radical (unpaired) electrons. The van der Waals surface area contributed by atoms with Crippen LogP contribution in [0.5, 0.6) is 11.5 Å². The van der Waals surface area contributed by atoms with E-state index in [4.69, 9.17) is 4.74 Å². The molecule has 0 atom stereocenters. The normalized spacial score (nSPS) is 10.9. The Hall–Kier alpha value is -3.19. The maximum Gasteiger partial charge on any atom is 0.246 e. The summed E-state index contributed by atoms with van der Waals surface area (Å²) in [6.45, 7) is 2.60. The van der Waals surface area contributed by atoms with E-state index in [1.54, 1.807) is 12.1 Å². The van der Waals surface area contributed by atoms with E-state index in [0.29, 0.717) is 22.9 Å². The van der Waals surface area contributed by atoms with Crippen molar-refractivity contribution < 1.29 is 14.6 Å². The second kappa shape index (κ2) is 9.66. The van der Waals surface area contributed by atoms with Crippen LogP contribution in [-0.2, 0) is 11.2 Å². The Morgan fingerprint density at radius 2 is 2.11 bits per heavy atom. The molecule has 1 heterocycles. The van der Waals surface area contributed by atoms with Gasteiger partial charge in [-0.05, 0) is 18.6 Å². The van der Waals surface area contributed by atoms with Crippen LogP contribution in [0.25, 0.3) is 11.3 Å². The van der Waals surface area contributed by atoms with Gasteiger partial charge >= 0.3 is 0 Å². The molecule has 0 spiro atoms. The molecular formula is C21H21N3O3S. The van der Waals surface area contributed by atoms with E-state index in [1.165, 1.54) is 23.6 Å². The van der Waals surface area contributed by atoms with Gasteiger partial charge in [-0.2, -0.15) is 5.10 Å². The van der Waals surface area contributed by atoms with E-state index in [9.17, 15) is 9.90 Å². The molecule has 1 amide bonds. The van der Waals surface area contributed by atoms with Crippen LogP contribution in [0.3, 0.4) is 0 Å². The predicted octanol–water partition coefficient (Wildman–Crippen LogP) is 4.00. The van der Waals surface area contributed by atoms with E-state index >= 15 is 0 Å². The van der Waals surface area contributed by atoms with Crippen LogP contribution in [-0.4, -0.2) is 28.8 Å². The fourth-order valence-corrected chi connectivity index (χ4v) is 3.23. The second-order valence-electron chi connectivity index (χ2n) is 6.03. The Morgan fingerprint density at radius 3 is 2.86 bits per heavy atom. The first-order chi connectivity index (χ1) is 13.7. The highest BCUT2D eigenvalue weighted by atomic mass is 32.1. The second-order valence-corrected chi connectivity index (χ2v) is 6.97. The van der Waals surface area contributed by atoms with Crippen LogP contribution in [0.15, 0.2) is 59.0 Å². The van der Waals surface area contributed by atoms with E-state index in [1.807, 2.05) is 42.6 Å². The fourth-order valence-electron chi connectivity index (χ4n) is 2.43. The van der Waals surface area contributed by atoms with Crippen LogP contribution in [0.4, 0.5) is 0 Å². The highest BCUT2D eigenvalue weighted by Crippen LogP contribution is 2.23. The van der Waals surface area contributed by atoms with Crippen molar-refractivity contribution in [3.05, 3.63) is 64.5 Å². The minimum Gasteiger partial charge on any atom is -0.507 e. The van der Waals surface area contributed by atoms with E-state index in [0.717, 1.165) is 17.7 Å². The number of hydrogen-bond acceptors (Lipinski definition) is 6. The van der Waals surface area contributed by atoms with E-state index < -0.39 is 0 Å². The lowest BCUT2D eigenvalue weighted by Gasteiger charge is -2.06. The van der Waals surface area contributed by atoms with Gasteiger partial charge in [-0.25, -0.2) is 10.4 Å². The van der Waals surface area contributed by atoms with Crippen molar-refractivity contribution in [1.29, 1.82) is 0 Å². The Kier molecular flexibility index (Phi) is 6.75. The molecule has 0 bridgehead atoms. The monoisotopic (exact) mass is 395 g/mol. The number of hydrazone groups is 1. The number of carbonyl (C=O) groups is 1. The number of thiazole rings is 1. The largest absolute Gasteiger partial charge is 0.507 e. The lowest BCUT2D eigenvalue weighted by molar-refractivity contribution is -0.120. The zero-order valence-corrected chi connectivity index (χ0v) is 16.3. The lowest BCUT2D eigenvalue weighted by atomic mass is 10.2. The summed E-state index contributed by atoms with van der Waals surface area (Å²) in [6, 6.07) is 14.8. The number of nitrogens with one attached hydrogen (secondary N) is 1. The number of rotatable bonds is 8. The molecule has 0 saturated heterocycles. The molecule has 3 aromatic rings. The Balaban J connectivity index is 1.54. The number of aromatic nitrogens is 1. The number of carbonyl (C=O) groups excluding carboxylic acids is 1. The van der Waals surface area contributed by atoms with Gasteiger partial charge in [0.25, 0.3) is 0 Å². The van der Waals surface area contributed by atoms with Crippen LogP contribution in [0.2, 0.25) is 0 Å². The molecule has 0 unspecified atom stereocenters. The molecule has 0 saturated carbocycles. The van der Waals surface area contributed by atoms with Gasteiger partial charge in [0.15, 0.2) is 0 Å². The van der Waals surface area contributed by atoms with Crippen LogP contribution in [0.1, 0.15) is 23.9 Å². The van der Waals surface area contributed by atoms with Crippen LogP contribution < -0.4 is 10.2 Å². The van der Waals surface area contributed by atoms with Crippen molar-refractivity contribution >= 4 is 23.5 Å². The third-order valence-corrected chi connectivity index (χ3v) is 4.65. The molecule has 3 rings (SSSR count). The van der Waals surface area contributed by atoms with E-state index in [2.05, 4.69) is 15.5 Å². The van der Waals surface area contributed by atoms with Gasteiger partial charge in [0.1, 0.15) is 16.5 Å². The highest BCUT2D eigenvalue weighted by Gasteiger charge is 2.09. The van der Waals surface area contributed by atoms with Gasteiger partial charge in [0, 0.05) is 22.6 Å². The third kappa shape index (κ3) is 5.40. The predicted molar refractivity (Wildman–Crippen MR) is 111 cm³/mol. The Morgan fingerprint density at radius 1 is 1.29 bits per heavy atom. The first-order valence-corrected chi connectivity index (χ1v) is 9.81. The molecular weight excluding hydrogens is 374 g/mol. The van der Waals surface area contributed by atoms with Crippen molar-refractivity contribution in [2.45, 2.75) is 19.8 Å². The minimum atomic E-state index is -0.271. The third-order valence-electron chi connectivity index (χ3n) is 3.80. The molecule has 0 aliphatic heterocycles. The topological polar surface area (TPSA) is 83.8 Å². The average Bonchev–Trinajstić information content (AvgIpc) is 3.17. The Bertz CT molecular complexity index is 955. The molecule has 0 fully saturated rings. The quantitative estimate of drug-likeness (QED) is 0.446. The molecule has 0 aliphatic carbocycles. The van der Waals surface area contributed by atoms with Gasteiger partial charge < -0.3 is 9.84 Å². The fraction of sp³-hybridized carbons (Fsp3) is 0.190. The van der Waals surface area contributed by atoms with Gasteiger partial charge in [-0.3, -0.25) is 4.79 Å². The summed E-state index contributed by atoms with van der Waals surface area (Å²) in [4.78, 5) is 16.6. The first kappa shape index (κ1) is 19.6. The SMILES string of the molecule is CCCOc1ccc(/C=N/NC(=O)Cc2nc(-c3ccccc3)cs2)c(O)c1. The summed E-state index contributed by atoms with van der Waals surface area (Å²) in [7, 11) is 0. The van der Waals surface area contributed by atoms with E-state index in [-0.39, 0.29) is 18.1 Å². The summed E-state index contributed by atoms with van der Waals surface area (Å²) >= 11 is 1.44.